The fourth-order valence-corrected chi connectivity index (χ4v) is 3.47. The minimum absolute atomic E-state index is 0.0273. The first kappa shape index (κ1) is 12.7. The highest BCUT2D eigenvalue weighted by Crippen LogP contribution is 2.29. The number of rotatable bonds is 2. The number of fused-ring (bicyclic) bond motifs is 1. The number of benzene rings is 1. The van der Waals surface area contributed by atoms with Gasteiger partial charge in [0.2, 0.25) is 5.91 Å². The van der Waals surface area contributed by atoms with Gasteiger partial charge in [0.05, 0.1) is 5.92 Å². The normalized spacial score (nSPS) is 27.9. The summed E-state index contributed by atoms with van der Waals surface area (Å²) in [7, 11) is 0. The predicted molar refractivity (Wildman–Crippen MR) is 76.0 cm³/mol. The highest BCUT2D eigenvalue weighted by molar-refractivity contribution is 5.83. The van der Waals surface area contributed by atoms with Crippen molar-refractivity contribution in [3.05, 3.63) is 35.9 Å². The van der Waals surface area contributed by atoms with Crippen molar-refractivity contribution in [3.8, 4) is 0 Å². The zero-order chi connectivity index (χ0) is 13.2. The van der Waals surface area contributed by atoms with Crippen molar-refractivity contribution >= 4 is 5.91 Å². The van der Waals surface area contributed by atoms with Crippen molar-refractivity contribution in [2.75, 3.05) is 19.6 Å². The number of nitrogens with zero attached hydrogens (tertiary/aromatic N) is 1. The second kappa shape index (κ2) is 5.33. The molecule has 1 aromatic carbocycles. The van der Waals surface area contributed by atoms with Gasteiger partial charge in [0.1, 0.15) is 0 Å². The Hall–Kier alpha value is -1.35. The Kier molecular flexibility index (Phi) is 3.56. The quantitative estimate of drug-likeness (QED) is 0.880. The summed E-state index contributed by atoms with van der Waals surface area (Å²) in [6.07, 6.45) is 2.41. The van der Waals surface area contributed by atoms with Gasteiger partial charge in [0.25, 0.3) is 0 Å². The van der Waals surface area contributed by atoms with Gasteiger partial charge in [-0.15, -0.1) is 0 Å². The first-order valence-electron chi connectivity index (χ1n) is 7.33. The molecule has 1 aromatic rings. The number of piperidine rings is 1. The lowest BCUT2D eigenvalue weighted by molar-refractivity contribution is -0.136. The molecule has 0 spiro atoms. The van der Waals surface area contributed by atoms with E-state index in [1.165, 1.54) is 6.42 Å². The molecular weight excluding hydrogens is 236 g/mol. The molecular formula is C16H22N2O. The standard InChI is InChI=1S/C16H22N2O/c1-12(13-6-3-2-4-7-13)16(19)18-9-5-8-14-10-17-11-15(14)18/h2-4,6-7,12,14-15,17H,5,8-11H2,1H3. The van der Waals surface area contributed by atoms with Crippen LogP contribution in [0.1, 0.15) is 31.2 Å². The SMILES string of the molecule is CC(C(=O)N1CCCC2CNCC21)c1ccccc1. The van der Waals surface area contributed by atoms with Crippen LogP contribution < -0.4 is 5.32 Å². The molecule has 19 heavy (non-hydrogen) atoms. The molecule has 102 valence electrons. The molecule has 0 bridgehead atoms. The summed E-state index contributed by atoms with van der Waals surface area (Å²) in [5, 5.41) is 3.43. The van der Waals surface area contributed by atoms with Crippen molar-refractivity contribution in [2.24, 2.45) is 5.92 Å². The maximum Gasteiger partial charge on any atom is 0.230 e. The number of carbonyl (C=O) groups is 1. The van der Waals surface area contributed by atoms with Crippen LogP contribution in [0.5, 0.6) is 0 Å². The number of carbonyl (C=O) groups excluding carboxylic acids is 1. The van der Waals surface area contributed by atoms with Crippen LogP contribution in [0.4, 0.5) is 0 Å². The Morgan fingerprint density at radius 3 is 2.89 bits per heavy atom. The molecule has 3 atom stereocenters. The molecule has 2 aliphatic rings. The lowest BCUT2D eigenvalue weighted by Gasteiger charge is -2.38. The Balaban J connectivity index is 1.76. The minimum atomic E-state index is -0.0273. The van der Waals surface area contributed by atoms with E-state index in [4.69, 9.17) is 0 Å². The number of nitrogens with one attached hydrogen (secondary N) is 1. The van der Waals surface area contributed by atoms with E-state index < -0.39 is 0 Å². The fraction of sp³-hybridized carbons (Fsp3) is 0.562. The van der Waals surface area contributed by atoms with Gasteiger partial charge in [-0.05, 0) is 31.2 Å². The van der Waals surface area contributed by atoms with E-state index >= 15 is 0 Å². The maximum absolute atomic E-state index is 12.7. The molecule has 3 nitrogen and oxygen atoms in total. The van der Waals surface area contributed by atoms with Crippen LogP contribution in [0.3, 0.4) is 0 Å². The summed E-state index contributed by atoms with van der Waals surface area (Å²) in [5.74, 6) is 0.936. The van der Waals surface area contributed by atoms with Gasteiger partial charge < -0.3 is 10.2 Å². The van der Waals surface area contributed by atoms with Crippen LogP contribution in [0.2, 0.25) is 0 Å². The van der Waals surface area contributed by atoms with Crippen LogP contribution in [0.25, 0.3) is 0 Å². The Morgan fingerprint density at radius 1 is 1.32 bits per heavy atom. The largest absolute Gasteiger partial charge is 0.338 e. The van der Waals surface area contributed by atoms with E-state index in [0.717, 1.165) is 31.6 Å². The molecule has 1 amide bonds. The van der Waals surface area contributed by atoms with Crippen molar-refractivity contribution in [1.82, 2.24) is 10.2 Å². The van der Waals surface area contributed by atoms with Crippen molar-refractivity contribution in [3.63, 3.8) is 0 Å². The van der Waals surface area contributed by atoms with Gasteiger partial charge >= 0.3 is 0 Å². The van der Waals surface area contributed by atoms with Crippen LogP contribution in [0, 0.1) is 5.92 Å². The third-order valence-corrected chi connectivity index (χ3v) is 4.63. The number of likely N-dealkylation sites (tertiary alicyclic amines) is 1. The average Bonchev–Trinajstić information content (AvgIpc) is 2.95. The molecule has 1 N–H and O–H groups in total. The Morgan fingerprint density at radius 2 is 2.11 bits per heavy atom. The van der Waals surface area contributed by atoms with E-state index in [-0.39, 0.29) is 5.92 Å². The lowest BCUT2D eigenvalue weighted by Crippen LogP contribution is -2.49. The van der Waals surface area contributed by atoms with Gasteiger partial charge in [-0.1, -0.05) is 30.3 Å². The maximum atomic E-state index is 12.7. The summed E-state index contributed by atoms with van der Waals surface area (Å²) >= 11 is 0. The van der Waals surface area contributed by atoms with E-state index in [1.54, 1.807) is 0 Å². The second-order valence-electron chi connectivity index (χ2n) is 5.79. The first-order valence-corrected chi connectivity index (χ1v) is 7.33. The van der Waals surface area contributed by atoms with Crippen molar-refractivity contribution in [2.45, 2.75) is 31.7 Å². The number of hydrogen-bond acceptors (Lipinski definition) is 2. The molecule has 0 radical (unpaired) electrons. The monoisotopic (exact) mass is 258 g/mol. The molecule has 0 saturated carbocycles. The van der Waals surface area contributed by atoms with Crippen molar-refractivity contribution in [1.29, 1.82) is 0 Å². The molecule has 0 aliphatic carbocycles. The third-order valence-electron chi connectivity index (χ3n) is 4.63. The summed E-state index contributed by atoms with van der Waals surface area (Å²) in [6, 6.07) is 10.5. The van der Waals surface area contributed by atoms with Gasteiger partial charge in [-0.2, -0.15) is 0 Å². The summed E-state index contributed by atoms with van der Waals surface area (Å²) < 4.78 is 0. The Labute approximate surface area is 115 Å². The zero-order valence-electron chi connectivity index (χ0n) is 11.5. The van der Waals surface area contributed by atoms with Crippen LogP contribution in [-0.4, -0.2) is 36.5 Å². The van der Waals surface area contributed by atoms with Crippen molar-refractivity contribution < 1.29 is 4.79 Å². The van der Waals surface area contributed by atoms with Crippen LogP contribution in [0.15, 0.2) is 30.3 Å². The summed E-state index contributed by atoms with van der Waals surface area (Å²) in [4.78, 5) is 14.9. The minimum Gasteiger partial charge on any atom is -0.338 e. The number of amides is 1. The summed E-state index contributed by atoms with van der Waals surface area (Å²) in [5.41, 5.74) is 1.13. The smallest absolute Gasteiger partial charge is 0.230 e. The fourth-order valence-electron chi connectivity index (χ4n) is 3.47. The molecule has 2 heterocycles. The van der Waals surface area contributed by atoms with E-state index in [9.17, 15) is 4.79 Å². The third kappa shape index (κ3) is 2.39. The lowest BCUT2D eigenvalue weighted by atomic mass is 9.90. The molecule has 2 fully saturated rings. The molecule has 3 unspecified atom stereocenters. The van der Waals surface area contributed by atoms with E-state index in [1.807, 2.05) is 25.1 Å². The van der Waals surface area contributed by atoms with Gasteiger partial charge in [0, 0.05) is 25.7 Å². The molecule has 2 aliphatic heterocycles. The summed E-state index contributed by atoms with van der Waals surface area (Å²) in [6.45, 7) is 5.01. The topological polar surface area (TPSA) is 32.3 Å². The van der Waals surface area contributed by atoms with E-state index in [2.05, 4.69) is 22.3 Å². The van der Waals surface area contributed by atoms with Gasteiger partial charge in [-0.25, -0.2) is 0 Å². The highest BCUT2D eigenvalue weighted by Gasteiger charge is 2.38. The second-order valence-corrected chi connectivity index (χ2v) is 5.79. The predicted octanol–water partition coefficient (Wildman–Crippen LogP) is 2.00. The molecule has 0 aromatic heterocycles. The van der Waals surface area contributed by atoms with Gasteiger partial charge in [-0.3, -0.25) is 4.79 Å². The Bertz CT molecular complexity index is 445. The van der Waals surface area contributed by atoms with E-state index in [0.29, 0.717) is 17.9 Å². The van der Waals surface area contributed by atoms with Gasteiger partial charge in [0.15, 0.2) is 0 Å². The zero-order valence-corrected chi connectivity index (χ0v) is 11.5. The highest BCUT2D eigenvalue weighted by atomic mass is 16.2. The van der Waals surface area contributed by atoms with Crippen LogP contribution >= 0.6 is 0 Å². The van der Waals surface area contributed by atoms with Crippen LogP contribution in [-0.2, 0) is 4.79 Å². The molecule has 2 saturated heterocycles. The molecule has 3 rings (SSSR count). The average molecular weight is 258 g/mol. The molecule has 3 heteroatoms. The first-order chi connectivity index (χ1) is 9.27. The number of hydrogen-bond donors (Lipinski definition) is 1.